The summed E-state index contributed by atoms with van der Waals surface area (Å²) in [5, 5.41) is 7.34. The van der Waals surface area contributed by atoms with Gasteiger partial charge in [0.25, 0.3) is 0 Å². The van der Waals surface area contributed by atoms with E-state index in [2.05, 4.69) is 10.4 Å². The Labute approximate surface area is 96.8 Å². The Kier molecular flexibility index (Phi) is 4.49. The summed E-state index contributed by atoms with van der Waals surface area (Å²) in [5.74, 6) is 0.170. The van der Waals surface area contributed by atoms with Crippen molar-refractivity contribution in [1.82, 2.24) is 15.1 Å². The molecular weight excluding hydrogens is 226 g/mol. The summed E-state index contributed by atoms with van der Waals surface area (Å²) in [6.07, 6.45) is 4.88. The van der Waals surface area contributed by atoms with Gasteiger partial charge in [-0.1, -0.05) is 0 Å². The van der Waals surface area contributed by atoms with Crippen LogP contribution < -0.4 is 5.32 Å². The minimum Gasteiger partial charge on any atom is -0.311 e. The molecule has 16 heavy (non-hydrogen) atoms. The highest BCUT2D eigenvalue weighted by atomic mass is 32.2. The molecule has 0 aliphatic carbocycles. The van der Waals surface area contributed by atoms with E-state index in [1.807, 2.05) is 30.8 Å². The minimum absolute atomic E-state index is 0.170. The molecular formula is C10H19N3O2S. The van der Waals surface area contributed by atoms with Crippen molar-refractivity contribution in [2.24, 2.45) is 0 Å². The monoisotopic (exact) mass is 245 g/mol. The molecule has 0 fully saturated rings. The van der Waals surface area contributed by atoms with E-state index < -0.39 is 9.84 Å². The number of hydrogen-bond donors (Lipinski definition) is 1. The summed E-state index contributed by atoms with van der Waals surface area (Å²) < 4.78 is 23.8. The van der Waals surface area contributed by atoms with Gasteiger partial charge in [0, 0.05) is 31.2 Å². The lowest BCUT2D eigenvalue weighted by Crippen LogP contribution is -2.36. The fraction of sp³-hybridized carbons (Fsp3) is 0.700. The van der Waals surface area contributed by atoms with Crippen LogP contribution in [0.5, 0.6) is 0 Å². The van der Waals surface area contributed by atoms with Crippen LogP contribution >= 0.6 is 0 Å². The van der Waals surface area contributed by atoms with Gasteiger partial charge >= 0.3 is 0 Å². The lowest BCUT2D eigenvalue weighted by Gasteiger charge is -2.21. The van der Waals surface area contributed by atoms with Gasteiger partial charge < -0.3 is 5.32 Å². The molecule has 0 aromatic carbocycles. The molecule has 0 amide bonds. The summed E-state index contributed by atoms with van der Waals surface area (Å²) in [6, 6.07) is 2.26. The molecule has 0 aliphatic heterocycles. The highest BCUT2D eigenvalue weighted by molar-refractivity contribution is 7.90. The van der Waals surface area contributed by atoms with Crippen LogP contribution in [0.1, 0.15) is 19.9 Å². The Bertz CT molecular complexity index is 400. The van der Waals surface area contributed by atoms with Crippen LogP contribution in [0.25, 0.3) is 0 Å². The maximum Gasteiger partial charge on any atom is 0.148 e. The van der Waals surface area contributed by atoms with E-state index in [0.29, 0.717) is 6.54 Å². The zero-order valence-corrected chi connectivity index (χ0v) is 10.7. The number of aromatic nitrogens is 2. The first-order valence-corrected chi connectivity index (χ1v) is 7.36. The fourth-order valence-corrected chi connectivity index (χ4v) is 1.88. The van der Waals surface area contributed by atoms with E-state index in [9.17, 15) is 8.42 Å². The van der Waals surface area contributed by atoms with Gasteiger partial charge in [-0.15, -0.1) is 0 Å². The highest BCUT2D eigenvalue weighted by Crippen LogP contribution is 2.08. The van der Waals surface area contributed by atoms with Gasteiger partial charge in [0.2, 0.25) is 0 Å². The van der Waals surface area contributed by atoms with Gasteiger partial charge in [0.1, 0.15) is 9.84 Å². The zero-order valence-electron chi connectivity index (χ0n) is 9.92. The topological polar surface area (TPSA) is 64.0 Å². The predicted molar refractivity (Wildman–Crippen MR) is 64.1 cm³/mol. The van der Waals surface area contributed by atoms with Gasteiger partial charge in [0.15, 0.2) is 0 Å². The molecule has 0 spiro atoms. The number of rotatable bonds is 6. The quantitative estimate of drug-likeness (QED) is 0.791. The number of nitrogens with one attached hydrogen (secondary N) is 1. The predicted octanol–water partition coefficient (Wildman–Crippen LogP) is 0.467. The third-order valence-electron chi connectivity index (χ3n) is 2.60. The van der Waals surface area contributed by atoms with E-state index in [4.69, 9.17) is 0 Å². The first-order chi connectivity index (χ1) is 7.40. The van der Waals surface area contributed by atoms with Crippen molar-refractivity contribution in [2.45, 2.75) is 25.9 Å². The Hall–Kier alpha value is -0.880. The molecule has 92 valence electrons. The van der Waals surface area contributed by atoms with Crippen molar-refractivity contribution in [3.05, 3.63) is 18.5 Å². The SMILES string of the molecule is C[C@H](NCCS(C)(=O)=O)[C@@H](C)n1cccn1. The van der Waals surface area contributed by atoms with E-state index >= 15 is 0 Å². The molecule has 1 rings (SSSR count). The Morgan fingerprint density at radius 3 is 2.62 bits per heavy atom. The van der Waals surface area contributed by atoms with Gasteiger partial charge in [-0.25, -0.2) is 8.42 Å². The number of sulfone groups is 1. The highest BCUT2D eigenvalue weighted by Gasteiger charge is 2.13. The first-order valence-electron chi connectivity index (χ1n) is 5.30. The Morgan fingerprint density at radius 1 is 1.44 bits per heavy atom. The zero-order chi connectivity index (χ0) is 12.2. The van der Waals surface area contributed by atoms with Crippen LogP contribution in [-0.4, -0.2) is 42.8 Å². The molecule has 0 bridgehead atoms. The Balaban J connectivity index is 2.38. The smallest absolute Gasteiger partial charge is 0.148 e. The lowest BCUT2D eigenvalue weighted by molar-refractivity contribution is 0.372. The summed E-state index contributed by atoms with van der Waals surface area (Å²) in [5.41, 5.74) is 0. The molecule has 6 heteroatoms. The molecule has 1 aromatic rings. The van der Waals surface area contributed by atoms with Crippen molar-refractivity contribution in [3.8, 4) is 0 Å². The van der Waals surface area contributed by atoms with Crippen molar-refractivity contribution in [1.29, 1.82) is 0 Å². The summed E-state index contributed by atoms with van der Waals surface area (Å²) >= 11 is 0. The normalized spacial score (nSPS) is 15.9. The van der Waals surface area contributed by atoms with Gasteiger partial charge in [-0.3, -0.25) is 4.68 Å². The van der Waals surface area contributed by atoms with Gasteiger partial charge in [-0.2, -0.15) is 5.10 Å². The largest absolute Gasteiger partial charge is 0.311 e. The lowest BCUT2D eigenvalue weighted by atomic mass is 10.2. The molecule has 0 aliphatic rings. The van der Waals surface area contributed by atoms with Crippen molar-refractivity contribution >= 4 is 9.84 Å². The summed E-state index contributed by atoms with van der Waals surface area (Å²) in [7, 11) is -2.88. The average Bonchev–Trinajstić information content (AvgIpc) is 2.67. The third-order valence-corrected chi connectivity index (χ3v) is 3.55. The molecule has 1 heterocycles. The number of nitrogens with zero attached hydrogens (tertiary/aromatic N) is 2. The van der Waals surface area contributed by atoms with Crippen LogP contribution in [0.15, 0.2) is 18.5 Å². The van der Waals surface area contributed by atoms with E-state index in [0.717, 1.165) is 0 Å². The van der Waals surface area contributed by atoms with Crippen LogP contribution in [0, 0.1) is 0 Å². The van der Waals surface area contributed by atoms with E-state index in [-0.39, 0.29) is 17.8 Å². The second-order valence-corrected chi connectivity index (χ2v) is 6.36. The first kappa shape index (κ1) is 13.2. The van der Waals surface area contributed by atoms with Crippen LogP contribution in [-0.2, 0) is 9.84 Å². The molecule has 0 saturated heterocycles. The van der Waals surface area contributed by atoms with E-state index in [1.54, 1.807) is 6.20 Å². The van der Waals surface area contributed by atoms with Crippen LogP contribution in [0.4, 0.5) is 0 Å². The molecule has 0 saturated carbocycles. The van der Waals surface area contributed by atoms with Crippen molar-refractivity contribution in [3.63, 3.8) is 0 Å². The van der Waals surface area contributed by atoms with Gasteiger partial charge in [-0.05, 0) is 19.9 Å². The average molecular weight is 245 g/mol. The second-order valence-electron chi connectivity index (χ2n) is 4.10. The fourth-order valence-electron chi connectivity index (χ4n) is 1.39. The maximum absolute atomic E-state index is 11.0. The molecule has 1 N–H and O–H groups in total. The molecule has 2 atom stereocenters. The van der Waals surface area contributed by atoms with E-state index in [1.165, 1.54) is 6.26 Å². The standard InChI is InChI=1S/C10H19N3O2S/c1-9(11-6-8-16(3,14)15)10(2)13-7-4-5-12-13/h4-5,7,9-11H,6,8H2,1-3H3/t9-,10+/m0/s1. The third kappa shape index (κ3) is 4.32. The summed E-state index contributed by atoms with van der Waals surface area (Å²) in [4.78, 5) is 0. The molecule has 0 radical (unpaired) electrons. The molecule has 1 aromatic heterocycles. The van der Waals surface area contributed by atoms with Gasteiger partial charge in [0.05, 0.1) is 11.8 Å². The van der Waals surface area contributed by atoms with Crippen LogP contribution in [0.2, 0.25) is 0 Å². The van der Waals surface area contributed by atoms with Crippen LogP contribution in [0.3, 0.4) is 0 Å². The molecule has 5 nitrogen and oxygen atoms in total. The molecule has 0 unspecified atom stereocenters. The summed E-state index contributed by atoms with van der Waals surface area (Å²) in [6.45, 7) is 4.55. The maximum atomic E-state index is 11.0. The second kappa shape index (κ2) is 5.45. The Morgan fingerprint density at radius 2 is 2.12 bits per heavy atom. The van der Waals surface area contributed by atoms with Crippen molar-refractivity contribution in [2.75, 3.05) is 18.6 Å². The number of hydrogen-bond acceptors (Lipinski definition) is 4. The minimum atomic E-state index is -2.88. The van der Waals surface area contributed by atoms with Crippen molar-refractivity contribution < 1.29 is 8.42 Å².